The monoisotopic (exact) mass is 308 g/mol. The third kappa shape index (κ3) is 8.62. The van der Waals surface area contributed by atoms with Crippen molar-refractivity contribution in [1.29, 1.82) is 0 Å². The average molecular weight is 308 g/mol. The molecule has 0 rings (SSSR count). The standard InChI is InChI=1S/C12H28N2O5Si/c1-11(10-12(15)16)14-8-7-13-6-5-9-20(17-2,18-3)19-4/h11,13-14H,5-10H2,1-4H3,(H,15,16). The molecule has 0 aliphatic heterocycles. The Kier molecular flexibility index (Phi) is 10.9. The molecule has 0 amide bonds. The van der Waals surface area contributed by atoms with Crippen molar-refractivity contribution in [3.63, 3.8) is 0 Å². The van der Waals surface area contributed by atoms with Crippen LogP contribution >= 0.6 is 0 Å². The van der Waals surface area contributed by atoms with Gasteiger partial charge in [0.1, 0.15) is 0 Å². The number of nitrogens with one attached hydrogen (secondary N) is 2. The van der Waals surface area contributed by atoms with Crippen LogP contribution in [-0.2, 0) is 18.1 Å². The van der Waals surface area contributed by atoms with Gasteiger partial charge < -0.3 is 29.0 Å². The highest BCUT2D eigenvalue weighted by Crippen LogP contribution is 2.14. The molecule has 0 aromatic heterocycles. The van der Waals surface area contributed by atoms with E-state index >= 15 is 0 Å². The van der Waals surface area contributed by atoms with Crippen molar-refractivity contribution in [3.8, 4) is 0 Å². The summed E-state index contributed by atoms with van der Waals surface area (Å²) in [6, 6.07) is 0.761. The van der Waals surface area contributed by atoms with E-state index in [1.807, 2.05) is 6.92 Å². The molecule has 0 radical (unpaired) electrons. The zero-order valence-corrected chi connectivity index (χ0v) is 13.9. The van der Waals surface area contributed by atoms with E-state index < -0.39 is 14.8 Å². The van der Waals surface area contributed by atoms with Gasteiger partial charge in [-0.1, -0.05) is 0 Å². The number of carboxylic acid groups (broad SMARTS) is 1. The van der Waals surface area contributed by atoms with E-state index in [0.717, 1.165) is 32.1 Å². The summed E-state index contributed by atoms with van der Waals surface area (Å²) in [4.78, 5) is 10.5. The van der Waals surface area contributed by atoms with Crippen LogP contribution in [0.2, 0.25) is 6.04 Å². The fourth-order valence-electron chi connectivity index (χ4n) is 1.85. The highest BCUT2D eigenvalue weighted by Gasteiger charge is 2.36. The zero-order valence-electron chi connectivity index (χ0n) is 12.9. The van der Waals surface area contributed by atoms with Gasteiger partial charge in [-0.15, -0.1) is 0 Å². The second kappa shape index (κ2) is 11.2. The quantitative estimate of drug-likeness (QED) is 0.333. The Morgan fingerprint density at radius 2 is 1.75 bits per heavy atom. The molecule has 0 heterocycles. The molecule has 0 spiro atoms. The van der Waals surface area contributed by atoms with E-state index in [1.54, 1.807) is 21.3 Å². The maximum absolute atomic E-state index is 10.5. The van der Waals surface area contributed by atoms with Gasteiger partial charge in [0.05, 0.1) is 6.42 Å². The van der Waals surface area contributed by atoms with E-state index in [1.165, 1.54) is 0 Å². The Balaban J connectivity index is 3.55. The van der Waals surface area contributed by atoms with Gasteiger partial charge in [0.15, 0.2) is 0 Å². The molecule has 0 aromatic rings. The first-order valence-corrected chi connectivity index (χ1v) is 8.74. The van der Waals surface area contributed by atoms with Gasteiger partial charge in [-0.2, -0.15) is 0 Å². The largest absolute Gasteiger partial charge is 0.500 e. The van der Waals surface area contributed by atoms with Crippen LogP contribution in [0.1, 0.15) is 19.8 Å². The van der Waals surface area contributed by atoms with Crippen molar-refractivity contribution in [2.45, 2.75) is 31.9 Å². The molecule has 1 unspecified atom stereocenters. The molecule has 20 heavy (non-hydrogen) atoms. The van der Waals surface area contributed by atoms with Crippen LogP contribution in [0.4, 0.5) is 0 Å². The Bertz CT molecular complexity index is 256. The van der Waals surface area contributed by atoms with E-state index in [2.05, 4.69) is 10.6 Å². The summed E-state index contributed by atoms with van der Waals surface area (Å²) in [5.74, 6) is -0.780. The number of carboxylic acids is 1. The summed E-state index contributed by atoms with van der Waals surface area (Å²) < 4.78 is 16.0. The topological polar surface area (TPSA) is 89.1 Å². The normalized spacial score (nSPS) is 13.4. The highest BCUT2D eigenvalue weighted by molar-refractivity contribution is 6.60. The summed E-state index contributed by atoms with van der Waals surface area (Å²) >= 11 is 0. The first-order chi connectivity index (χ1) is 9.49. The fourth-order valence-corrected chi connectivity index (χ4v) is 3.57. The number of hydrogen-bond donors (Lipinski definition) is 3. The summed E-state index contributed by atoms with van der Waals surface area (Å²) in [6.45, 7) is 4.25. The smallest absolute Gasteiger partial charge is 0.481 e. The predicted octanol–water partition coefficient (Wildman–Crippen LogP) is 0.297. The Morgan fingerprint density at radius 3 is 2.25 bits per heavy atom. The minimum Gasteiger partial charge on any atom is -0.481 e. The average Bonchev–Trinajstić information content (AvgIpc) is 2.42. The van der Waals surface area contributed by atoms with Gasteiger partial charge in [-0.05, 0) is 19.9 Å². The lowest BCUT2D eigenvalue weighted by molar-refractivity contribution is -0.137. The molecule has 3 N–H and O–H groups in total. The molecule has 8 heteroatoms. The van der Waals surface area contributed by atoms with E-state index in [9.17, 15) is 4.79 Å². The summed E-state index contributed by atoms with van der Waals surface area (Å²) in [6.07, 6.45) is 1.05. The first kappa shape index (κ1) is 19.5. The lowest BCUT2D eigenvalue weighted by atomic mass is 10.2. The van der Waals surface area contributed by atoms with Crippen molar-refractivity contribution >= 4 is 14.8 Å². The summed E-state index contributed by atoms with van der Waals surface area (Å²) in [5.41, 5.74) is 0. The minimum atomic E-state index is -2.44. The summed E-state index contributed by atoms with van der Waals surface area (Å²) in [7, 11) is 2.39. The SMILES string of the molecule is CO[Si](CCCNCCNC(C)CC(=O)O)(OC)OC. The van der Waals surface area contributed by atoms with Crippen LogP contribution in [-0.4, -0.2) is 66.9 Å². The minimum absolute atomic E-state index is 0.00942. The van der Waals surface area contributed by atoms with Gasteiger partial charge in [0.25, 0.3) is 0 Å². The molecule has 1 atom stereocenters. The van der Waals surface area contributed by atoms with Crippen molar-refractivity contribution in [3.05, 3.63) is 0 Å². The number of carbonyl (C=O) groups is 1. The fraction of sp³-hybridized carbons (Fsp3) is 0.917. The number of rotatable bonds is 13. The molecule has 0 aromatic carbocycles. The lowest BCUT2D eigenvalue weighted by Gasteiger charge is -2.24. The van der Waals surface area contributed by atoms with E-state index in [-0.39, 0.29) is 12.5 Å². The molecular formula is C12H28N2O5Si. The Morgan fingerprint density at radius 1 is 1.15 bits per heavy atom. The van der Waals surface area contributed by atoms with Crippen LogP contribution in [0.25, 0.3) is 0 Å². The van der Waals surface area contributed by atoms with E-state index in [4.69, 9.17) is 18.4 Å². The van der Waals surface area contributed by atoms with Gasteiger partial charge >= 0.3 is 14.8 Å². The number of aliphatic carboxylic acids is 1. The third-order valence-electron chi connectivity index (χ3n) is 3.04. The van der Waals surface area contributed by atoms with Crippen LogP contribution in [0.3, 0.4) is 0 Å². The number of hydrogen-bond acceptors (Lipinski definition) is 6. The highest BCUT2D eigenvalue weighted by atomic mass is 28.4. The molecule has 7 nitrogen and oxygen atoms in total. The van der Waals surface area contributed by atoms with Crippen LogP contribution < -0.4 is 10.6 Å². The molecular weight excluding hydrogens is 280 g/mol. The Labute approximate surface area is 122 Å². The van der Waals surface area contributed by atoms with Crippen molar-refractivity contribution < 1.29 is 23.2 Å². The molecule has 0 bridgehead atoms. The molecule has 0 aliphatic carbocycles. The van der Waals surface area contributed by atoms with Gasteiger partial charge in [0, 0.05) is 46.5 Å². The van der Waals surface area contributed by atoms with Crippen molar-refractivity contribution in [1.82, 2.24) is 10.6 Å². The molecule has 120 valence electrons. The van der Waals surface area contributed by atoms with Crippen LogP contribution in [0, 0.1) is 0 Å². The Hall–Kier alpha value is -0.513. The first-order valence-electron chi connectivity index (χ1n) is 6.81. The molecule has 0 saturated heterocycles. The van der Waals surface area contributed by atoms with Gasteiger partial charge in [-0.25, -0.2) is 0 Å². The third-order valence-corrected chi connectivity index (χ3v) is 5.88. The second-order valence-electron chi connectivity index (χ2n) is 4.60. The summed E-state index contributed by atoms with van der Waals surface area (Å²) in [5, 5.41) is 15.0. The van der Waals surface area contributed by atoms with Crippen molar-refractivity contribution in [2.24, 2.45) is 0 Å². The van der Waals surface area contributed by atoms with Gasteiger partial charge in [-0.3, -0.25) is 4.79 Å². The molecule has 0 fully saturated rings. The molecule has 0 saturated carbocycles. The maximum Gasteiger partial charge on any atom is 0.500 e. The van der Waals surface area contributed by atoms with Crippen LogP contribution in [0.15, 0.2) is 0 Å². The van der Waals surface area contributed by atoms with E-state index in [0.29, 0.717) is 0 Å². The maximum atomic E-state index is 10.5. The van der Waals surface area contributed by atoms with Crippen molar-refractivity contribution in [2.75, 3.05) is 41.0 Å². The zero-order chi connectivity index (χ0) is 15.4. The molecule has 0 aliphatic rings. The van der Waals surface area contributed by atoms with Crippen LogP contribution in [0.5, 0.6) is 0 Å². The second-order valence-corrected chi connectivity index (χ2v) is 7.69. The predicted molar refractivity (Wildman–Crippen MR) is 78.8 cm³/mol. The van der Waals surface area contributed by atoms with Gasteiger partial charge in [0.2, 0.25) is 0 Å². The lowest BCUT2D eigenvalue weighted by Crippen LogP contribution is -2.43.